The number of piperidine rings is 1. The van der Waals surface area contributed by atoms with Gasteiger partial charge in [-0.3, -0.25) is 9.47 Å². The summed E-state index contributed by atoms with van der Waals surface area (Å²) < 4.78 is 11.1. The van der Waals surface area contributed by atoms with Crippen LogP contribution in [0.2, 0.25) is 0 Å². The number of rotatable bonds is 7. The zero-order valence-corrected chi connectivity index (χ0v) is 19.9. The van der Waals surface area contributed by atoms with Crippen LogP contribution in [-0.4, -0.2) is 82.7 Å². The van der Waals surface area contributed by atoms with Gasteiger partial charge in [-0.05, 0) is 49.7 Å². The van der Waals surface area contributed by atoms with E-state index in [1.807, 2.05) is 0 Å². The smallest absolute Gasteiger partial charge is 0.226 e. The predicted molar refractivity (Wildman–Crippen MR) is 123 cm³/mol. The molecule has 3 aliphatic rings. The fourth-order valence-electron chi connectivity index (χ4n) is 4.94. The lowest BCUT2D eigenvalue weighted by Crippen LogP contribution is -2.47. The molecule has 30 heavy (non-hydrogen) atoms. The van der Waals surface area contributed by atoms with Gasteiger partial charge in [-0.1, -0.05) is 20.8 Å². The van der Waals surface area contributed by atoms with E-state index in [4.69, 9.17) is 22.1 Å². The molecule has 0 saturated carbocycles. The van der Waals surface area contributed by atoms with Crippen molar-refractivity contribution in [2.75, 3.05) is 57.3 Å². The maximum Gasteiger partial charge on any atom is 0.226 e. The van der Waals surface area contributed by atoms with E-state index in [2.05, 4.69) is 44.7 Å². The maximum atomic E-state index is 5.94. The summed E-state index contributed by atoms with van der Waals surface area (Å²) in [5.74, 6) is 2.59. The predicted octanol–water partition coefficient (Wildman–Crippen LogP) is 3.06. The van der Waals surface area contributed by atoms with Gasteiger partial charge in [0.1, 0.15) is 0 Å². The second kappa shape index (κ2) is 10.1. The first kappa shape index (κ1) is 22.2. The Labute approximate surface area is 187 Å². The normalized spacial score (nSPS) is 24.9. The molecule has 0 aromatic carbocycles. The average molecular weight is 437 g/mol. The van der Waals surface area contributed by atoms with Gasteiger partial charge in [-0.15, -0.1) is 5.10 Å². The molecule has 1 aromatic rings. The Hall–Kier alpha value is -0.960. The minimum atomic E-state index is 0.274. The molecule has 0 amide bonds. The molecular formula is C22H40N6OS. The average Bonchev–Trinajstić information content (AvgIpc) is 3.34. The fraction of sp³-hybridized carbons (Fsp3) is 0.909. The number of anilines is 1. The van der Waals surface area contributed by atoms with Crippen molar-refractivity contribution < 1.29 is 4.74 Å². The molecule has 4 rings (SSSR count). The highest BCUT2D eigenvalue weighted by atomic mass is 32.1. The molecule has 3 fully saturated rings. The summed E-state index contributed by atoms with van der Waals surface area (Å²) in [5, 5.41) is 5.05. The fourth-order valence-corrected chi connectivity index (χ4v) is 5.19. The lowest BCUT2D eigenvalue weighted by atomic mass is 10.00. The van der Waals surface area contributed by atoms with E-state index in [1.165, 1.54) is 19.4 Å². The first-order chi connectivity index (χ1) is 14.5. The van der Waals surface area contributed by atoms with Gasteiger partial charge in [-0.2, -0.15) is 0 Å². The van der Waals surface area contributed by atoms with Crippen LogP contribution in [0.1, 0.15) is 46.5 Å². The minimum Gasteiger partial charge on any atom is -0.376 e. The summed E-state index contributed by atoms with van der Waals surface area (Å²) in [6.45, 7) is 17.3. The van der Waals surface area contributed by atoms with Crippen LogP contribution in [0.5, 0.6) is 0 Å². The van der Waals surface area contributed by atoms with E-state index >= 15 is 0 Å². The molecule has 7 nitrogen and oxygen atoms in total. The molecule has 170 valence electrons. The van der Waals surface area contributed by atoms with Crippen LogP contribution in [0.3, 0.4) is 0 Å². The topological polar surface area (TPSA) is 41.7 Å². The molecule has 1 unspecified atom stereocenters. The Kier molecular flexibility index (Phi) is 7.49. The molecular weight excluding hydrogens is 396 g/mol. The molecule has 3 aliphatic heterocycles. The molecule has 4 heterocycles. The van der Waals surface area contributed by atoms with Crippen molar-refractivity contribution in [3.05, 3.63) is 4.77 Å². The summed E-state index contributed by atoms with van der Waals surface area (Å²) in [5.41, 5.74) is 0. The van der Waals surface area contributed by atoms with Gasteiger partial charge in [0.15, 0.2) is 0 Å². The highest BCUT2D eigenvalue weighted by molar-refractivity contribution is 7.71. The van der Waals surface area contributed by atoms with E-state index in [1.54, 1.807) is 0 Å². The number of aromatic nitrogens is 3. The van der Waals surface area contributed by atoms with Crippen molar-refractivity contribution >= 4 is 18.2 Å². The first-order valence-electron chi connectivity index (χ1n) is 12.0. The zero-order valence-electron chi connectivity index (χ0n) is 19.1. The summed E-state index contributed by atoms with van der Waals surface area (Å²) in [6.07, 6.45) is 5.02. The number of nitrogens with zero attached hydrogens (tertiary/aromatic N) is 6. The van der Waals surface area contributed by atoms with Crippen LogP contribution in [-0.2, 0) is 18.0 Å². The molecule has 0 radical (unpaired) electrons. The molecule has 1 aromatic heterocycles. The first-order valence-corrected chi connectivity index (χ1v) is 12.4. The standard InChI is InChI=1S/C22H40N6OS/c1-18(2)15-24-10-12-25(13-11-24)17-28-22(30)27(16-20-5-4-14-29-20)21(23-28)26-8-6-19(3)7-9-26/h18-20H,4-17H2,1-3H3. The second-order valence-corrected chi connectivity index (χ2v) is 10.3. The Morgan fingerprint density at radius 1 is 1.03 bits per heavy atom. The van der Waals surface area contributed by atoms with Crippen molar-refractivity contribution in [2.24, 2.45) is 11.8 Å². The minimum absolute atomic E-state index is 0.274. The van der Waals surface area contributed by atoms with Gasteiger partial charge in [0.05, 0.1) is 19.3 Å². The Morgan fingerprint density at radius 2 is 1.73 bits per heavy atom. The third-order valence-electron chi connectivity index (χ3n) is 6.80. The molecule has 1 atom stereocenters. The zero-order chi connectivity index (χ0) is 21.1. The molecule has 8 heteroatoms. The largest absolute Gasteiger partial charge is 0.376 e. The van der Waals surface area contributed by atoms with E-state index < -0.39 is 0 Å². The highest BCUT2D eigenvalue weighted by Gasteiger charge is 2.26. The van der Waals surface area contributed by atoms with E-state index in [0.29, 0.717) is 0 Å². The molecule has 0 spiro atoms. The Bertz CT molecular complexity index is 724. The van der Waals surface area contributed by atoms with Crippen LogP contribution < -0.4 is 4.90 Å². The quantitative estimate of drug-likeness (QED) is 0.612. The molecule has 0 bridgehead atoms. The molecule has 0 aliphatic carbocycles. The van der Waals surface area contributed by atoms with Crippen LogP contribution in [0.25, 0.3) is 0 Å². The lowest BCUT2D eigenvalue weighted by molar-refractivity contribution is 0.0920. The van der Waals surface area contributed by atoms with Gasteiger partial charge in [-0.25, -0.2) is 4.68 Å². The molecule has 3 saturated heterocycles. The van der Waals surface area contributed by atoms with Gasteiger partial charge in [0.25, 0.3) is 0 Å². The van der Waals surface area contributed by atoms with Crippen molar-refractivity contribution in [3.63, 3.8) is 0 Å². The number of hydrogen-bond donors (Lipinski definition) is 0. The Balaban J connectivity index is 1.47. The lowest BCUT2D eigenvalue weighted by Gasteiger charge is -2.35. The van der Waals surface area contributed by atoms with Crippen molar-refractivity contribution in [1.29, 1.82) is 0 Å². The van der Waals surface area contributed by atoms with Crippen LogP contribution >= 0.6 is 12.2 Å². The molecule has 0 N–H and O–H groups in total. The van der Waals surface area contributed by atoms with Gasteiger partial charge >= 0.3 is 0 Å². The summed E-state index contributed by atoms with van der Waals surface area (Å²) >= 11 is 5.93. The van der Waals surface area contributed by atoms with Crippen molar-refractivity contribution in [1.82, 2.24) is 24.1 Å². The number of piperazine rings is 1. The summed E-state index contributed by atoms with van der Waals surface area (Å²) in [4.78, 5) is 7.52. The summed E-state index contributed by atoms with van der Waals surface area (Å²) in [7, 11) is 0. The highest BCUT2D eigenvalue weighted by Crippen LogP contribution is 2.24. The van der Waals surface area contributed by atoms with Crippen LogP contribution in [0.15, 0.2) is 0 Å². The summed E-state index contributed by atoms with van der Waals surface area (Å²) in [6, 6.07) is 0. The van der Waals surface area contributed by atoms with Crippen molar-refractivity contribution in [2.45, 2.75) is 65.8 Å². The monoisotopic (exact) mass is 436 g/mol. The maximum absolute atomic E-state index is 5.94. The van der Waals surface area contributed by atoms with Gasteiger partial charge in [0, 0.05) is 52.4 Å². The Morgan fingerprint density at radius 3 is 2.37 bits per heavy atom. The van der Waals surface area contributed by atoms with E-state index in [-0.39, 0.29) is 6.10 Å². The van der Waals surface area contributed by atoms with Crippen LogP contribution in [0.4, 0.5) is 5.95 Å². The third kappa shape index (κ3) is 5.44. The van der Waals surface area contributed by atoms with Gasteiger partial charge < -0.3 is 14.5 Å². The van der Waals surface area contributed by atoms with E-state index in [9.17, 15) is 0 Å². The number of ether oxygens (including phenoxy) is 1. The van der Waals surface area contributed by atoms with Crippen LogP contribution in [0, 0.1) is 16.6 Å². The third-order valence-corrected chi connectivity index (χ3v) is 7.23. The SMILES string of the molecule is CC(C)CN1CCN(Cn2nc(N3CCC(C)CC3)n(CC3CCCO3)c2=S)CC1. The van der Waals surface area contributed by atoms with Crippen molar-refractivity contribution in [3.8, 4) is 0 Å². The van der Waals surface area contributed by atoms with Gasteiger partial charge in [0.2, 0.25) is 10.7 Å². The van der Waals surface area contributed by atoms with E-state index in [0.717, 1.165) is 94.5 Å². The second-order valence-electron chi connectivity index (χ2n) is 9.95. The number of hydrogen-bond acceptors (Lipinski definition) is 6.